The average Bonchev–Trinajstić information content (AvgIpc) is 3.22. The fraction of sp³-hybridized carbons (Fsp3) is 0.278. The van der Waals surface area contributed by atoms with Crippen LogP contribution in [0.4, 0.5) is 5.82 Å². The van der Waals surface area contributed by atoms with E-state index in [2.05, 4.69) is 10.2 Å². The monoisotopic (exact) mass is 406 g/mol. The molecule has 3 aromatic rings. The van der Waals surface area contributed by atoms with E-state index >= 15 is 0 Å². The minimum absolute atomic E-state index is 0.130. The van der Waals surface area contributed by atoms with Gasteiger partial charge < -0.3 is 10.8 Å². The molecular weight excluding hydrogens is 388 g/mol. The fourth-order valence-electron chi connectivity index (χ4n) is 3.48. The lowest BCUT2D eigenvalue weighted by Crippen LogP contribution is -2.29. The number of β-amino-alcohol motifs (C(OH)–C–C–N with tert-alkyl or cyclic N) is 1. The van der Waals surface area contributed by atoms with Crippen molar-refractivity contribution in [3.8, 4) is 11.1 Å². The van der Waals surface area contributed by atoms with Gasteiger partial charge in [0.2, 0.25) is 10.0 Å². The van der Waals surface area contributed by atoms with Gasteiger partial charge >= 0.3 is 0 Å². The highest BCUT2D eigenvalue weighted by molar-refractivity contribution is 7.89. The van der Waals surface area contributed by atoms with Crippen LogP contribution in [-0.2, 0) is 10.0 Å². The van der Waals surface area contributed by atoms with E-state index < -0.39 is 16.1 Å². The second kappa shape index (κ2) is 6.49. The van der Waals surface area contributed by atoms with Gasteiger partial charge in [0, 0.05) is 18.7 Å². The first-order valence-corrected chi connectivity index (χ1v) is 10.3. The third-order valence-electron chi connectivity index (χ3n) is 4.95. The zero-order chi connectivity index (χ0) is 19.3. The van der Waals surface area contributed by atoms with Gasteiger partial charge in [-0.15, -0.1) is 0 Å². The number of halogens is 1. The van der Waals surface area contributed by atoms with Crippen molar-refractivity contribution in [2.45, 2.75) is 24.3 Å². The Labute approximate surface area is 161 Å². The number of sulfonamides is 1. The topological polar surface area (TPSA) is 112 Å². The zero-order valence-electron chi connectivity index (χ0n) is 14.6. The molecule has 0 amide bonds. The average molecular weight is 407 g/mol. The summed E-state index contributed by atoms with van der Waals surface area (Å²) in [4.78, 5) is 0.206. The highest BCUT2D eigenvalue weighted by Gasteiger charge is 2.31. The van der Waals surface area contributed by atoms with Crippen LogP contribution in [0.15, 0.2) is 35.2 Å². The summed E-state index contributed by atoms with van der Waals surface area (Å²) >= 11 is 6.55. The number of benzene rings is 2. The minimum atomic E-state index is -3.63. The molecule has 0 spiro atoms. The van der Waals surface area contributed by atoms with Crippen LogP contribution in [0.3, 0.4) is 0 Å². The maximum Gasteiger partial charge on any atom is 0.243 e. The highest BCUT2D eigenvalue weighted by atomic mass is 35.5. The first kappa shape index (κ1) is 18.2. The number of aliphatic hydroxyl groups is 1. The molecule has 4 rings (SSSR count). The number of aromatic nitrogens is 2. The quantitative estimate of drug-likeness (QED) is 0.618. The molecule has 2 heterocycles. The van der Waals surface area contributed by atoms with Crippen LogP contribution < -0.4 is 5.73 Å². The predicted octanol–water partition coefficient (Wildman–Crippen LogP) is 2.53. The summed E-state index contributed by atoms with van der Waals surface area (Å²) in [5.74, 6) is 0.321. The minimum Gasteiger partial charge on any atom is -0.392 e. The van der Waals surface area contributed by atoms with Crippen LogP contribution in [0.25, 0.3) is 22.0 Å². The standard InChI is InChI=1S/C18H19ClN4O3S/c1-10-8-12(27(25,26)23-7-6-11(24)9-23)2-3-13(10)14-4-5-15-16(17(14)19)18(20)22-21-15/h2-5,8,11,24H,6-7,9H2,1H3,(H3,20,21,22)/t11-/m1/s1. The second-order valence-corrected chi connectivity index (χ2v) is 9.06. The maximum absolute atomic E-state index is 12.8. The van der Waals surface area contributed by atoms with Crippen molar-refractivity contribution in [1.82, 2.24) is 14.5 Å². The van der Waals surface area contributed by atoms with Gasteiger partial charge in [-0.25, -0.2) is 8.42 Å². The number of nitrogens with zero attached hydrogens (tertiary/aromatic N) is 2. The Bertz CT molecular complexity index is 1140. The molecule has 1 aliphatic rings. The van der Waals surface area contributed by atoms with E-state index in [1.807, 2.05) is 19.1 Å². The number of rotatable bonds is 3. The smallest absolute Gasteiger partial charge is 0.243 e. The molecule has 0 radical (unpaired) electrons. The third kappa shape index (κ3) is 2.98. The molecule has 0 saturated carbocycles. The number of aryl methyl sites for hydroxylation is 1. The Hall–Kier alpha value is -2.13. The zero-order valence-corrected chi connectivity index (χ0v) is 16.2. The van der Waals surface area contributed by atoms with E-state index in [-0.39, 0.29) is 11.4 Å². The number of hydrogen-bond donors (Lipinski definition) is 3. The van der Waals surface area contributed by atoms with Gasteiger partial charge in [0.05, 0.1) is 26.9 Å². The lowest BCUT2D eigenvalue weighted by molar-refractivity contribution is 0.189. The van der Waals surface area contributed by atoms with Gasteiger partial charge in [-0.3, -0.25) is 5.10 Å². The molecule has 1 aliphatic heterocycles. The molecule has 4 N–H and O–H groups in total. The Morgan fingerprint density at radius 2 is 2.04 bits per heavy atom. The van der Waals surface area contributed by atoms with Gasteiger partial charge in [0.1, 0.15) is 0 Å². The van der Waals surface area contributed by atoms with Crippen LogP contribution in [-0.4, -0.2) is 47.2 Å². The van der Waals surface area contributed by atoms with E-state index in [0.717, 1.165) is 22.2 Å². The molecule has 0 aliphatic carbocycles. The summed E-state index contributed by atoms with van der Waals surface area (Å²) < 4.78 is 26.9. The number of fused-ring (bicyclic) bond motifs is 1. The number of nitrogens with two attached hydrogens (primary N) is 1. The van der Waals surface area contributed by atoms with Gasteiger partial charge in [-0.05, 0) is 42.7 Å². The normalized spacial score (nSPS) is 18.4. The van der Waals surface area contributed by atoms with Crippen LogP contribution in [0.2, 0.25) is 5.02 Å². The number of nitrogens with one attached hydrogen (secondary N) is 1. The number of aromatic amines is 1. The Kier molecular flexibility index (Phi) is 4.38. The largest absolute Gasteiger partial charge is 0.392 e. The number of aliphatic hydroxyl groups excluding tert-OH is 1. The molecule has 2 aromatic carbocycles. The summed E-state index contributed by atoms with van der Waals surface area (Å²) in [5.41, 5.74) is 8.99. The molecule has 1 aromatic heterocycles. The molecule has 1 saturated heterocycles. The second-order valence-electron chi connectivity index (χ2n) is 6.74. The lowest BCUT2D eigenvalue weighted by Gasteiger charge is -2.17. The highest BCUT2D eigenvalue weighted by Crippen LogP contribution is 2.38. The molecule has 0 unspecified atom stereocenters. The summed E-state index contributed by atoms with van der Waals surface area (Å²) in [6.07, 6.45) is -0.149. The molecule has 1 fully saturated rings. The Morgan fingerprint density at radius 1 is 1.30 bits per heavy atom. The van der Waals surface area contributed by atoms with Crippen LogP contribution in [0.5, 0.6) is 0 Å². The lowest BCUT2D eigenvalue weighted by atomic mass is 9.99. The van der Waals surface area contributed by atoms with Gasteiger partial charge in [-0.2, -0.15) is 9.40 Å². The molecule has 7 nitrogen and oxygen atoms in total. The fourth-order valence-corrected chi connectivity index (χ4v) is 5.42. The van der Waals surface area contributed by atoms with E-state index in [1.54, 1.807) is 18.2 Å². The van der Waals surface area contributed by atoms with Crippen molar-refractivity contribution in [2.24, 2.45) is 0 Å². The summed E-state index contributed by atoms with van der Waals surface area (Å²) in [6.45, 7) is 2.30. The molecule has 9 heteroatoms. The number of hydrogen-bond acceptors (Lipinski definition) is 5. The van der Waals surface area contributed by atoms with Crippen molar-refractivity contribution < 1.29 is 13.5 Å². The summed E-state index contributed by atoms with van der Waals surface area (Å²) in [6, 6.07) is 8.65. The number of nitrogen functional groups attached to an aromatic ring is 1. The summed E-state index contributed by atoms with van der Waals surface area (Å²) in [7, 11) is -3.63. The van der Waals surface area contributed by atoms with Crippen LogP contribution in [0.1, 0.15) is 12.0 Å². The Balaban J connectivity index is 1.77. The molecule has 0 bridgehead atoms. The number of H-pyrrole nitrogens is 1. The SMILES string of the molecule is Cc1cc(S(=O)(=O)N2CC[C@@H](O)C2)ccc1-c1ccc2[nH]nc(N)c2c1Cl. The van der Waals surface area contributed by atoms with Crippen LogP contribution in [0, 0.1) is 6.92 Å². The van der Waals surface area contributed by atoms with Gasteiger partial charge in [-0.1, -0.05) is 23.7 Å². The van der Waals surface area contributed by atoms with Crippen molar-refractivity contribution in [2.75, 3.05) is 18.8 Å². The first-order valence-electron chi connectivity index (χ1n) is 8.50. The van der Waals surface area contributed by atoms with Crippen molar-refractivity contribution in [3.05, 3.63) is 40.9 Å². The third-order valence-corrected chi connectivity index (χ3v) is 7.20. The summed E-state index contributed by atoms with van der Waals surface area (Å²) in [5, 5.41) is 17.6. The molecular formula is C18H19ClN4O3S. The molecule has 27 heavy (non-hydrogen) atoms. The van der Waals surface area contributed by atoms with Crippen molar-refractivity contribution in [3.63, 3.8) is 0 Å². The van der Waals surface area contributed by atoms with Gasteiger partial charge in [0.15, 0.2) is 5.82 Å². The van der Waals surface area contributed by atoms with Crippen molar-refractivity contribution >= 4 is 38.3 Å². The Morgan fingerprint density at radius 3 is 2.70 bits per heavy atom. The van der Waals surface area contributed by atoms with E-state index in [0.29, 0.717) is 29.2 Å². The van der Waals surface area contributed by atoms with E-state index in [4.69, 9.17) is 17.3 Å². The molecule has 142 valence electrons. The maximum atomic E-state index is 12.8. The first-order chi connectivity index (χ1) is 12.8. The van der Waals surface area contributed by atoms with Crippen LogP contribution >= 0.6 is 11.6 Å². The molecule has 1 atom stereocenters. The van der Waals surface area contributed by atoms with Crippen molar-refractivity contribution in [1.29, 1.82) is 0 Å². The van der Waals surface area contributed by atoms with E-state index in [1.165, 1.54) is 4.31 Å². The van der Waals surface area contributed by atoms with Gasteiger partial charge in [0.25, 0.3) is 0 Å². The van der Waals surface area contributed by atoms with E-state index in [9.17, 15) is 13.5 Å². The number of anilines is 1. The predicted molar refractivity (Wildman–Crippen MR) is 105 cm³/mol.